The van der Waals surface area contributed by atoms with E-state index in [0.717, 1.165) is 31.3 Å². The van der Waals surface area contributed by atoms with Crippen LogP contribution in [0.3, 0.4) is 0 Å². The van der Waals surface area contributed by atoms with Gasteiger partial charge in [-0.1, -0.05) is 0 Å². The highest BCUT2D eigenvalue weighted by atomic mass is 15.2. The predicted octanol–water partition coefficient (Wildman–Crippen LogP) is 1.44. The smallest absolute Gasteiger partial charge is 0.134 e. The minimum atomic E-state index is 0.622. The van der Waals surface area contributed by atoms with E-state index in [0.29, 0.717) is 6.04 Å². The third-order valence-electron chi connectivity index (χ3n) is 3.46. The maximum absolute atomic E-state index is 4.40. The molecule has 1 fully saturated rings. The number of hydrogen-bond acceptors (Lipinski definition) is 5. The molecule has 0 aromatic carbocycles. The molecule has 18 heavy (non-hydrogen) atoms. The van der Waals surface area contributed by atoms with Crippen molar-refractivity contribution in [3.8, 4) is 0 Å². The summed E-state index contributed by atoms with van der Waals surface area (Å²) >= 11 is 0. The van der Waals surface area contributed by atoms with Crippen molar-refractivity contribution in [3.63, 3.8) is 0 Å². The zero-order chi connectivity index (χ0) is 13.0. The molecule has 100 valence electrons. The summed E-state index contributed by atoms with van der Waals surface area (Å²) in [4.78, 5) is 13.3. The Morgan fingerprint density at radius 2 is 2.28 bits per heavy atom. The molecule has 2 heterocycles. The van der Waals surface area contributed by atoms with E-state index in [1.165, 1.54) is 12.8 Å². The number of likely N-dealkylation sites (N-methyl/N-ethyl adjacent to an activating group) is 1. The molecule has 1 aromatic heterocycles. The van der Waals surface area contributed by atoms with Gasteiger partial charge in [0.2, 0.25) is 0 Å². The lowest BCUT2D eigenvalue weighted by Crippen LogP contribution is -2.45. The molecule has 1 aliphatic rings. The van der Waals surface area contributed by atoms with Gasteiger partial charge < -0.3 is 15.1 Å². The fourth-order valence-electron chi connectivity index (χ4n) is 2.38. The number of rotatable bonds is 4. The van der Waals surface area contributed by atoms with E-state index in [1.54, 1.807) is 6.33 Å². The molecular weight excluding hydrogens is 226 g/mol. The Morgan fingerprint density at radius 1 is 1.44 bits per heavy atom. The third-order valence-corrected chi connectivity index (χ3v) is 3.46. The van der Waals surface area contributed by atoms with Crippen LogP contribution in [-0.2, 0) is 0 Å². The summed E-state index contributed by atoms with van der Waals surface area (Å²) in [7, 11) is 4.30. The van der Waals surface area contributed by atoms with Gasteiger partial charge in [-0.15, -0.1) is 0 Å². The van der Waals surface area contributed by atoms with Gasteiger partial charge in [-0.05, 0) is 33.9 Å². The number of hydrogen-bond donors (Lipinski definition) is 1. The summed E-state index contributed by atoms with van der Waals surface area (Å²) in [6, 6.07) is 2.66. The van der Waals surface area contributed by atoms with Crippen LogP contribution in [0.25, 0.3) is 0 Å². The maximum atomic E-state index is 4.40. The van der Waals surface area contributed by atoms with Gasteiger partial charge in [-0.3, -0.25) is 0 Å². The van der Waals surface area contributed by atoms with E-state index in [4.69, 9.17) is 0 Å². The SMILES string of the molecule is CCNc1cc(N2CCCC(N(C)C)C2)ncn1. The first-order chi connectivity index (χ1) is 8.70. The highest BCUT2D eigenvalue weighted by Gasteiger charge is 2.22. The summed E-state index contributed by atoms with van der Waals surface area (Å²) in [5.41, 5.74) is 0. The Hall–Kier alpha value is -1.36. The van der Waals surface area contributed by atoms with Crippen molar-refractivity contribution in [1.82, 2.24) is 14.9 Å². The van der Waals surface area contributed by atoms with Gasteiger partial charge in [-0.25, -0.2) is 9.97 Å². The first-order valence-electron chi connectivity index (χ1n) is 6.68. The van der Waals surface area contributed by atoms with Crippen molar-refractivity contribution < 1.29 is 0 Å². The molecule has 1 unspecified atom stereocenters. The zero-order valence-electron chi connectivity index (χ0n) is 11.6. The molecule has 0 saturated carbocycles. The van der Waals surface area contributed by atoms with Gasteiger partial charge in [0, 0.05) is 31.7 Å². The minimum Gasteiger partial charge on any atom is -0.370 e. The molecule has 1 N–H and O–H groups in total. The number of nitrogens with one attached hydrogen (secondary N) is 1. The fraction of sp³-hybridized carbons (Fsp3) is 0.692. The molecule has 5 nitrogen and oxygen atoms in total. The van der Waals surface area contributed by atoms with Gasteiger partial charge in [0.05, 0.1) is 0 Å². The molecule has 5 heteroatoms. The second-order valence-corrected chi connectivity index (χ2v) is 5.00. The maximum Gasteiger partial charge on any atom is 0.134 e. The highest BCUT2D eigenvalue weighted by molar-refractivity contribution is 5.48. The van der Waals surface area contributed by atoms with Crippen LogP contribution in [0.1, 0.15) is 19.8 Å². The zero-order valence-corrected chi connectivity index (χ0v) is 11.6. The summed E-state index contributed by atoms with van der Waals surface area (Å²) < 4.78 is 0. The van der Waals surface area contributed by atoms with E-state index in [9.17, 15) is 0 Å². The van der Waals surface area contributed by atoms with E-state index in [1.807, 2.05) is 6.07 Å². The van der Waals surface area contributed by atoms with E-state index < -0.39 is 0 Å². The Morgan fingerprint density at radius 3 is 3.00 bits per heavy atom. The lowest BCUT2D eigenvalue weighted by Gasteiger charge is -2.36. The molecule has 1 saturated heterocycles. The van der Waals surface area contributed by atoms with E-state index >= 15 is 0 Å². The average Bonchev–Trinajstić information content (AvgIpc) is 2.39. The molecule has 1 aromatic rings. The van der Waals surface area contributed by atoms with Gasteiger partial charge in [0.15, 0.2) is 0 Å². The monoisotopic (exact) mass is 249 g/mol. The lowest BCUT2D eigenvalue weighted by atomic mass is 10.1. The largest absolute Gasteiger partial charge is 0.370 e. The topological polar surface area (TPSA) is 44.3 Å². The average molecular weight is 249 g/mol. The normalized spacial score (nSPS) is 20.2. The molecule has 0 amide bonds. The molecule has 2 rings (SSSR count). The van der Waals surface area contributed by atoms with Gasteiger partial charge in [0.25, 0.3) is 0 Å². The van der Waals surface area contributed by atoms with Crippen molar-refractivity contribution in [2.75, 3.05) is 43.9 Å². The predicted molar refractivity (Wildman–Crippen MR) is 75.1 cm³/mol. The van der Waals surface area contributed by atoms with Crippen LogP contribution in [-0.4, -0.2) is 54.6 Å². The fourth-order valence-corrected chi connectivity index (χ4v) is 2.38. The number of aromatic nitrogens is 2. The molecule has 0 radical (unpaired) electrons. The molecule has 0 bridgehead atoms. The Balaban J connectivity index is 2.08. The quantitative estimate of drug-likeness (QED) is 0.874. The summed E-state index contributed by atoms with van der Waals surface area (Å²) in [5.74, 6) is 1.95. The van der Waals surface area contributed by atoms with Crippen molar-refractivity contribution in [3.05, 3.63) is 12.4 Å². The Labute approximate surface area is 109 Å². The molecule has 0 spiro atoms. The van der Waals surface area contributed by atoms with Crippen molar-refractivity contribution in [1.29, 1.82) is 0 Å². The van der Waals surface area contributed by atoms with Crippen LogP contribution in [0.5, 0.6) is 0 Å². The third kappa shape index (κ3) is 3.10. The van der Waals surface area contributed by atoms with Crippen LogP contribution in [0.15, 0.2) is 12.4 Å². The first kappa shape index (κ1) is 13.1. The first-order valence-corrected chi connectivity index (χ1v) is 6.68. The summed E-state index contributed by atoms with van der Waals surface area (Å²) in [5, 5.41) is 3.23. The summed E-state index contributed by atoms with van der Waals surface area (Å²) in [6.45, 7) is 5.10. The molecule has 0 aliphatic carbocycles. The van der Waals surface area contributed by atoms with Crippen LogP contribution < -0.4 is 10.2 Å². The summed E-state index contributed by atoms with van der Waals surface area (Å²) in [6.07, 6.45) is 4.14. The van der Waals surface area contributed by atoms with E-state index in [2.05, 4.69) is 46.1 Å². The highest BCUT2D eigenvalue weighted by Crippen LogP contribution is 2.21. The Kier molecular flexibility index (Phi) is 4.36. The van der Waals surface area contributed by atoms with Crippen LogP contribution in [0, 0.1) is 0 Å². The Bertz CT molecular complexity index is 379. The van der Waals surface area contributed by atoms with Crippen LogP contribution in [0.2, 0.25) is 0 Å². The number of piperidine rings is 1. The number of anilines is 2. The van der Waals surface area contributed by atoms with Gasteiger partial charge in [-0.2, -0.15) is 0 Å². The van der Waals surface area contributed by atoms with Crippen LogP contribution >= 0.6 is 0 Å². The van der Waals surface area contributed by atoms with Crippen molar-refractivity contribution in [2.24, 2.45) is 0 Å². The van der Waals surface area contributed by atoms with Crippen LogP contribution in [0.4, 0.5) is 11.6 Å². The minimum absolute atomic E-state index is 0.622. The second kappa shape index (κ2) is 6.00. The molecular formula is C13H23N5. The molecule has 1 aliphatic heterocycles. The standard InChI is InChI=1S/C13H23N5/c1-4-14-12-8-13(16-10-15-12)18-7-5-6-11(9-18)17(2)3/h8,10-11H,4-7,9H2,1-3H3,(H,14,15,16). The second-order valence-electron chi connectivity index (χ2n) is 5.00. The van der Waals surface area contributed by atoms with Crippen molar-refractivity contribution >= 4 is 11.6 Å². The number of nitrogens with zero attached hydrogens (tertiary/aromatic N) is 4. The van der Waals surface area contributed by atoms with E-state index in [-0.39, 0.29) is 0 Å². The molecule has 1 atom stereocenters. The van der Waals surface area contributed by atoms with Gasteiger partial charge in [0.1, 0.15) is 18.0 Å². The lowest BCUT2D eigenvalue weighted by molar-refractivity contribution is 0.257. The van der Waals surface area contributed by atoms with Crippen molar-refractivity contribution in [2.45, 2.75) is 25.8 Å². The van der Waals surface area contributed by atoms with Gasteiger partial charge >= 0.3 is 0 Å².